The number of nitrogens with two attached hydrogens (primary N) is 1. The Morgan fingerprint density at radius 2 is 2.19 bits per heavy atom. The van der Waals surface area contributed by atoms with Gasteiger partial charge in [-0.3, -0.25) is 4.79 Å². The van der Waals surface area contributed by atoms with E-state index in [9.17, 15) is 10.1 Å². The van der Waals surface area contributed by atoms with Crippen LogP contribution in [-0.2, 0) is 11.2 Å². The Morgan fingerprint density at radius 3 is 2.81 bits per heavy atom. The molecule has 1 aliphatic carbocycles. The highest BCUT2D eigenvalue weighted by Gasteiger charge is 2.22. The molecule has 27 heavy (non-hydrogen) atoms. The van der Waals surface area contributed by atoms with Crippen LogP contribution in [0.4, 0.5) is 0 Å². The summed E-state index contributed by atoms with van der Waals surface area (Å²) in [7, 11) is 0. The molecule has 1 atom stereocenters. The van der Waals surface area contributed by atoms with Gasteiger partial charge in [0.15, 0.2) is 5.78 Å². The molecule has 0 amide bonds. The Kier molecular flexibility index (Phi) is 6.05. The second-order valence-corrected chi connectivity index (χ2v) is 6.79. The van der Waals surface area contributed by atoms with Crippen molar-refractivity contribution in [1.82, 2.24) is 4.98 Å². The molecule has 0 saturated heterocycles. The maximum Gasteiger partial charge on any atom is 0.219 e. The third-order valence-corrected chi connectivity index (χ3v) is 4.50. The van der Waals surface area contributed by atoms with E-state index >= 15 is 0 Å². The van der Waals surface area contributed by atoms with Crippen molar-refractivity contribution in [3.05, 3.63) is 47.7 Å². The molecule has 1 aromatic carbocycles. The minimum atomic E-state index is -0.436. The first-order valence-electron chi connectivity index (χ1n) is 9.17. The van der Waals surface area contributed by atoms with Crippen LogP contribution in [0.5, 0.6) is 17.4 Å². The van der Waals surface area contributed by atoms with E-state index in [1.807, 2.05) is 6.92 Å². The van der Waals surface area contributed by atoms with Gasteiger partial charge in [0.2, 0.25) is 5.88 Å². The highest BCUT2D eigenvalue weighted by Crippen LogP contribution is 2.32. The Hall–Kier alpha value is -2.91. The van der Waals surface area contributed by atoms with E-state index in [0.717, 1.165) is 5.56 Å². The van der Waals surface area contributed by atoms with Crippen LogP contribution in [0.25, 0.3) is 0 Å². The van der Waals surface area contributed by atoms with Crippen molar-refractivity contribution in [2.45, 2.75) is 38.6 Å². The fourth-order valence-electron chi connectivity index (χ4n) is 2.53. The van der Waals surface area contributed by atoms with E-state index in [0.29, 0.717) is 41.9 Å². The van der Waals surface area contributed by atoms with Crippen molar-refractivity contribution in [3.8, 4) is 23.4 Å². The second kappa shape index (κ2) is 8.65. The van der Waals surface area contributed by atoms with Gasteiger partial charge in [0.25, 0.3) is 0 Å². The van der Waals surface area contributed by atoms with Gasteiger partial charge in [-0.2, -0.15) is 5.26 Å². The Bertz CT molecular complexity index is 839. The number of benzene rings is 1. The molecule has 0 bridgehead atoms. The summed E-state index contributed by atoms with van der Waals surface area (Å²) in [4.78, 5) is 16.2. The minimum absolute atomic E-state index is 0.00230. The van der Waals surface area contributed by atoms with Crippen molar-refractivity contribution in [1.29, 1.82) is 5.26 Å². The van der Waals surface area contributed by atoms with E-state index in [2.05, 4.69) is 11.1 Å². The molecule has 1 heterocycles. The predicted octanol–water partition coefficient (Wildman–Crippen LogP) is 3.38. The van der Waals surface area contributed by atoms with Gasteiger partial charge in [0.05, 0.1) is 18.2 Å². The van der Waals surface area contributed by atoms with E-state index in [4.69, 9.17) is 15.2 Å². The summed E-state index contributed by atoms with van der Waals surface area (Å²) in [6.45, 7) is 2.51. The zero-order valence-corrected chi connectivity index (χ0v) is 15.4. The number of rotatable bonds is 9. The minimum Gasteiger partial charge on any atom is -0.492 e. The predicted molar refractivity (Wildman–Crippen MR) is 101 cm³/mol. The molecular formula is C21H23N3O3. The molecule has 2 N–H and O–H groups in total. The summed E-state index contributed by atoms with van der Waals surface area (Å²) in [5, 5.41) is 9.22. The molecular weight excluding hydrogens is 342 g/mol. The van der Waals surface area contributed by atoms with E-state index < -0.39 is 6.04 Å². The fourth-order valence-corrected chi connectivity index (χ4v) is 2.53. The van der Waals surface area contributed by atoms with Gasteiger partial charge in [0, 0.05) is 24.8 Å². The Balaban J connectivity index is 1.65. The molecule has 1 saturated carbocycles. The Morgan fingerprint density at radius 1 is 1.37 bits per heavy atom. The highest BCUT2D eigenvalue weighted by molar-refractivity contribution is 5.85. The van der Waals surface area contributed by atoms with Crippen LogP contribution in [0, 0.1) is 17.2 Å². The number of nitrogens with zero attached hydrogens (tertiary/aromatic N) is 2. The van der Waals surface area contributed by atoms with E-state index in [1.165, 1.54) is 12.8 Å². The zero-order chi connectivity index (χ0) is 19.2. The normalized spacial score (nSPS) is 14.3. The summed E-state index contributed by atoms with van der Waals surface area (Å²) in [6, 6.07) is 10.3. The molecule has 1 aromatic heterocycles. The molecule has 0 spiro atoms. The van der Waals surface area contributed by atoms with Gasteiger partial charge in [-0.05, 0) is 42.9 Å². The number of ether oxygens (including phenoxy) is 2. The maximum absolute atomic E-state index is 11.9. The average Bonchev–Trinajstić information content (AvgIpc) is 3.52. The van der Waals surface area contributed by atoms with Crippen molar-refractivity contribution >= 4 is 5.78 Å². The molecule has 0 aliphatic heterocycles. The molecule has 2 aromatic rings. The van der Waals surface area contributed by atoms with Crippen LogP contribution < -0.4 is 15.2 Å². The highest BCUT2D eigenvalue weighted by atomic mass is 16.5. The van der Waals surface area contributed by atoms with Crippen LogP contribution in [-0.4, -0.2) is 23.4 Å². The van der Waals surface area contributed by atoms with Crippen molar-refractivity contribution < 1.29 is 14.3 Å². The lowest BCUT2D eigenvalue weighted by Gasteiger charge is -2.11. The first kappa shape index (κ1) is 18.9. The smallest absolute Gasteiger partial charge is 0.219 e. The second-order valence-electron chi connectivity index (χ2n) is 6.79. The number of carbonyl (C=O) groups excluding carboxylic acids is 1. The first-order valence-corrected chi connectivity index (χ1v) is 9.17. The monoisotopic (exact) mass is 365 g/mol. The number of carbonyl (C=O) groups is 1. The molecule has 1 aliphatic rings. The maximum atomic E-state index is 11.9. The van der Waals surface area contributed by atoms with Gasteiger partial charge in [-0.1, -0.05) is 13.0 Å². The van der Waals surface area contributed by atoms with Gasteiger partial charge in [-0.25, -0.2) is 4.98 Å². The lowest BCUT2D eigenvalue weighted by Crippen LogP contribution is -2.30. The average molecular weight is 365 g/mol. The largest absolute Gasteiger partial charge is 0.492 e. The van der Waals surface area contributed by atoms with Gasteiger partial charge >= 0.3 is 0 Å². The summed E-state index contributed by atoms with van der Waals surface area (Å²) >= 11 is 0. The van der Waals surface area contributed by atoms with Gasteiger partial charge < -0.3 is 15.2 Å². The molecule has 1 fully saturated rings. The van der Waals surface area contributed by atoms with Gasteiger partial charge in [0.1, 0.15) is 17.6 Å². The molecule has 6 heteroatoms. The number of aromatic nitrogens is 1. The SMILES string of the molecule is CCC(N)C(=O)Cc1ccc(Oc2ccc(C#N)c(OCC3CC3)c2)nc1. The fraction of sp³-hybridized carbons (Fsp3) is 0.381. The van der Waals surface area contributed by atoms with Crippen LogP contribution in [0.2, 0.25) is 0 Å². The van der Waals surface area contributed by atoms with Crippen molar-refractivity contribution in [2.24, 2.45) is 11.7 Å². The lowest BCUT2D eigenvalue weighted by atomic mass is 10.0. The number of hydrogen-bond acceptors (Lipinski definition) is 6. The topological polar surface area (TPSA) is 98.2 Å². The quantitative estimate of drug-likeness (QED) is 0.731. The molecule has 3 rings (SSSR count). The summed E-state index contributed by atoms with van der Waals surface area (Å²) in [5.41, 5.74) is 7.03. The Labute approximate surface area is 158 Å². The van der Waals surface area contributed by atoms with Crippen LogP contribution >= 0.6 is 0 Å². The summed E-state index contributed by atoms with van der Waals surface area (Å²) in [5.74, 6) is 2.07. The van der Waals surface area contributed by atoms with Crippen molar-refractivity contribution in [3.63, 3.8) is 0 Å². The van der Waals surface area contributed by atoms with Crippen LogP contribution in [0.3, 0.4) is 0 Å². The van der Waals surface area contributed by atoms with E-state index in [1.54, 1.807) is 36.5 Å². The number of nitriles is 1. The molecule has 140 valence electrons. The third-order valence-electron chi connectivity index (χ3n) is 4.50. The van der Waals surface area contributed by atoms with Crippen LogP contribution in [0.15, 0.2) is 36.5 Å². The standard InChI is InChI=1S/C21H23N3O3/c1-2-18(23)19(25)9-15-5-8-21(24-12-15)27-17-7-6-16(11-22)20(10-17)26-13-14-3-4-14/h5-8,10,12,14,18H,2-4,9,13,23H2,1H3. The lowest BCUT2D eigenvalue weighted by molar-refractivity contribution is -0.119. The molecule has 1 unspecified atom stereocenters. The molecule has 0 radical (unpaired) electrons. The van der Waals surface area contributed by atoms with E-state index in [-0.39, 0.29) is 12.2 Å². The first-order chi connectivity index (χ1) is 13.1. The summed E-state index contributed by atoms with van der Waals surface area (Å²) in [6.07, 6.45) is 4.86. The number of ketones is 1. The third kappa shape index (κ3) is 5.28. The number of Topliss-reactive ketones (excluding diaryl/α,β-unsaturated/α-hetero) is 1. The zero-order valence-electron chi connectivity index (χ0n) is 15.4. The molecule has 6 nitrogen and oxygen atoms in total. The van der Waals surface area contributed by atoms with Gasteiger partial charge in [-0.15, -0.1) is 0 Å². The summed E-state index contributed by atoms with van der Waals surface area (Å²) < 4.78 is 11.5. The number of hydrogen-bond donors (Lipinski definition) is 1. The number of pyridine rings is 1. The van der Waals surface area contributed by atoms with Crippen molar-refractivity contribution in [2.75, 3.05) is 6.61 Å². The van der Waals surface area contributed by atoms with Crippen LogP contribution in [0.1, 0.15) is 37.3 Å².